The Morgan fingerprint density at radius 1 is 1.10 bits per heavy atom. The van der Waals surface area contributed by atoms with Gasteiger partial charge in [-0.1, -0.05) is 17.3 Å². The third kappa shape index (κ3) is 3.08. The predicted octanol–water partition coefficient (Wildman–Crippen LogP) is 0.732. The van der Waals surface area contributed by atoms with Crippen molar-refractivity contribution in [1.29, 1.82) is 0 Å². The molecule has 2 aliphatic rings. The minimum atomic E-state index is -0.0343. The fourth-order valence-corrected chi connectivity index (χ4v) is 4.19. The van der Waals surface area contributed by atoms with Gasteiger partial charge >= 0.3 is 0 Å². The van der Waals surface area contributed by atoms with Crippen LogP contribution in [-0.2, 0) is 11.3 Å². The molecule has 0 aliphatic carbocycles. The number of anilines is 2. The molecule has 0 atom stereocenters. The van der Waals surface area contributed by atoms with Gasteiger partial charge in [0.2, 0.25) is 5.91 Å². The Bertz CT molecular complexity index is 1070. The highest BCUT2D eigenvalue weighted by atomic mass is 16.3. The van der Waals surface area contributed by atoms with E-state index in [-0.39, 0.29) is 17.6 Å². The van der Waals surface area contributed by atoms with E-state index in [9.17, 15) is 9.90 Å². The van der Waals surface area contributed by atoms with Gasteiger partial charge in [0.1, 0.15) is 12.1 Å². The molecular weight excluding hydrogens is 384 g/mol. The van der Waals surface area contributed by atoms with Crippen molar-refractivity contribution in [3.05, 3.63) is 30.6 Å². The average Bonchev–Trinajstić information content (AvgIpc) is 3.17. The maximum atomic E-state index is 12.9. The van der Waals surface area contributed by atoms with Crippen LogP contribution in [0.3, 0.4) is 0 Å². The number of hydrogen-bond donors (Lipinski definition) is 1. The maximum absolute atomic E-state index is 12.9. The van der Waals surface area contributed by atoms with Crippen LogP contribution in [0, 0.1) is 5.92 Å². The molecule has 1 amide bonds. The van der Waals surface area contributed by atoms with E-state index < -0.39 is 0 Å². The molecule has 1 N–H and O–H groups in total. The second kappa shape index (κ2) is 7.43. The molecule has 156 valence electrons. The molecule has 0 spiro atoms. The van der Waals surface area contributed by atoms with E-state index in [1.807, 2.05) is 30.0 Å². The lowest BCUT2D eigenvalue weighted by atomic mass is 9.98. The van der Waals surface area contributed by atoms with Crippen LogP contribution in [0.25, 0.3) is 11.2 Å². The smallest absolute Gasteiger partial charge is 0.229 e. The number of fused-ring (bicyclic) bond motifs is 1. The summed E-state index contributed by atoms with van der Waals surface area (Å²) in [6.07, 6.45) is 1.53. The Morgan fingerprint density at radius 3 is 2.60 bits per heavy atom. The summed E-state index contributed by atoms with van der Waals surface area (Å²) in [6.45, 7) is 6.69. The second-order valence-electron chi connectivity index (χ2n) is 7.68. The number of carbonyl (C=O) groups excluding carboxylic acids is 1. The molecule has 2 saturated heterocycles. The highest BCUT2D eigenvalue weighted by Gasteiger charge is 2.38. The van der Waals surface area contributed by atoms with Gasteiger partial charge in [0.05, 0.1) is 11.6 Å². The van der Waals surface area contributed by atoms with Crippen molar-refractivity contribution in [3.8, 4) is 5.75 Å². The zero-order chi connectivity index (χ0) is 20.7. The van der Waals surface area contributed by atoms with Crippen molar-refractivity contribution >= 4 is 28.6 Å². The quantitative estimate of drug-likeness (QED) is 0.674. The van der Waals surface area contributed by atoms with Crippen LogP contribution in [0.5, 0.6) is 5.75 Å². The molecule has 10 heteroatoms. The fraction of sp³-hybridized carbons (Fsp3) is 0.450. The topological polar surface area (TPSA) is 104 Å². The number of aromatic hydroxyl groups is 1. The van der Waals surface area contributed by atoms with E-state index in [0.29, 0.717) is 51.3 Å². The van der Waals surface area contributed by atoms with Gasteiger partial charge in [-0.2, -0.15) is 0 Å². The van der Waals surface area contributed by atoms with Crippen LogP contribution in [0.1, 0.15) is 6.92 Å². The molecule has 4 heterocycles. The third-order valence-electron chi connectivity index (χ3n) is 5.92. The maximum Gasteiger partial charge on any atom is 0.229 e. The van der Waals surface area contributed by atoms with Crippen LogP contribution in [0.15, 0.2) is 30.6 Å². The van der Waals surface area contributed by atoms with Crippen LogP contribution in [0.4, 0.5) is 11.5 Å². The van der Waals surface area contributed by atoms with Gasteiger partial charge in [-0.3, -0.25) is 4.79 Å². The van der Waals surface area contributed by atoms with Crippen molar-refractivity contribution in [2.24, 2.45) is 5.92 Å². The molecule has 0 radical (unpaired) electrons. The lowest BCUT2D eigenvalue weighted by Crippen LogP contribution is -2.58. The van der Waals surface area contributed by atoms with Gasteiger partial charge in [0.15, 0.2) is 17.0 Å². The fourth-order valence-electron chi connectivity index (χ4n) is 4.19. The SMILES string of the molecule is CCn1nnc2c(N3CC(C(=O)N4CCN(c5ccccc5O)CC4)C3)ncnc21. The van der Waals surface area contributed by atoms with E-state index in [1.54, 1.807) is 10.7 Å². The predicted molar refractivity (Wildman–Crippen MR) is 111 cm³/mol. The second-order valence-corrected chi connectivity index (χ2v) is 7.68. The molecule has 0 unspecified atom stereocenters. The number of benzene rings is 1. The highest BCUT2D eigenvalue weighted by Crippen LogP contribution is 2.30. The summed E-state index contributed by atoms with van der Waals surface area (Å²) in [7, 11) is 0. The number of para-hydroxylation sites is 2. The van der Waals surface area contributed by atoms with Gasteiger partial charge in [-0.05, 0) is 19.1 Å². The molecule has 0 bridgehead atoms. The first kappa shape index (κ1) is 18.6. The number of piperazine rings is 1. The van der Waals surface area contributed by atoms with Crippen LogP contribution in [0.2, 0.25) is 0 Å². The zero-order valence-electron chi connectivity index (χ0n) is 16.8. The molecule has 2 aromatic heterocycles. The highest BCUT2D eigenvalue weighted by molar-refractivity contribution is 5.86. The molecular formula is C20H24N8O2. The molecule has 0 saturated carbocycles. The number of rotatable bonds is 4. The number of aromatic nitrogens is 5. The van der Waals surface area contributed by atoms with E-state index in [0.717, 1.165) is 17.2 Å². The molecule has 5 rings (SSSR count). The number of hydrogen-bond acceptors (Lipinski definition) is 8. The van der Waals surface area contributed by atoms with E-state index in [2.05, 4.69) is 30.1 Å². The number of amides is 1. The van der Waals surface area contributed by atoms with Gasteiger partial charge in [-0.15, -0.1) is 5.10 Å². The monoisotopic (exact) mass is 408 g/mol. The Kier molecular flexibility index (Phi) is 4.61. The standard InChI is InChI=1S/C20H24N8O2/c1-2-28-19-17(23-24-28)18(21-13-22-19)27-11-14(12-27)20(30)26-9-7-25(8-10-26)15-5-3-4-6-16(15)29/h3-6,13-14,29H,2,7-12H2,1H3. The molecule has 2 fully saturated rings. The molecule has 1 aromatic carbocycles. The molecule has 2 aliphatic heterocycles. The summed E-state index contributed by atoms with van der Waals surface area (Å²) in [5, 5.41) is 18.4. The van der Waals surface area contributed by atoms with Crippen molar-refractivity contribution in [2.45, 2.75) is 13.5 Å². The van der Waals surface area contributed by atoms with E-state index >= 15 is 0 Å². The van der Waals surface area contributed by atoms with Crippen LogP contribution in [-0.4, -0.2) is 80.1 Å². The Morgan fingerprint density at radius 2 is 1.87 bits per heavy atom. The first-order valence-electron chi connectivity index (χ1n) is 10.3. The summed E-state index contributed by atoms with van der Waals surface area (Å²) < 4.78 is 1.74. The largest absolute Gasteiger partial charge is 0.506 e. The van der Waals surface area contributed by atoms with Crippen LogP contribution < -0.4 is 9.80 Å². The number of aryl methyl sites for hydroxylation is 1. The van der Waals surface area contributed by atoms with Gasteiger partial charge in [0, 0.05) is 45.8 Å². The van der Waals surface area contributed by atoms with Crippen molar-refractivity contribution in [3.63, 3.8) is 0 Å². The van der Waals surface area contributed by atoms with Gasteiger partial charge in [-0.25, -0.2) is 14.6 Å². The summed E-state index contributed by atoms with van der Waals surface area (Å²) in [5.74, 6) is 1.18. The third-order valence-corrected chi connectivity index (χ3v) is 5.92. The first-order chi connectivity index (χ1) is 14.7. The van der Waals surface area contributed by atoms with Crippen molar-refractivity contribution in [2.75, 3.05) is 49.1 Å². The Balaban J connectivity index is 1.20. The summed E-state index contributed by atoms with van der Waals surface area (Å²) >= 11 is 0. The van der Waals surface area contributed by atoms with Crippen molar-refractivity contribution in [1.82, 2.24) is 29.9 Å². The lowest BCUT2D eigenvalue weighted by Gasteiger charge is -2.43. The normalized spacial score (nSPS) is 17.4. The van der Waals surface area contributed by atoms with Crippen molar-refractivity contribution < 1.29 is 9.90 Å². The summed E-state index contributed by atoms with van der Waals surface area (Å²) in [6, 6.07) is 7.33. The Hall–Kier alpha value is -3.43. The molecule has 10 nitrogen and oxygen atoms in total. The summed E-state index contributed by atoms with van der Waals surface area (Å²) in [5.41, 5.74) is 2.23. The van der Waals surface area contributed by atoms with Crippen LogP contribution >= 0.6 is 0 Å². The Labute approximate surface area is 173 Å². The van der Waals surface area contributed by atoms with E-state index in [1.165, 1.54) is 6.33 Å². The average molecular weight is 408 g/mol. The first-order valence-corrected chi connectivity index (χ1v) is 10.3. The number of phenolic OH excluding ortho intramolecular Hbond substituents is 1. The molecule has 30 heavy (non-hydrogen) atoms. The summed E-state index contributed by atoms with van der Waals surface area (Å²) in [4.78, 5) is 27.7. The lowest BCUT2D eigenvalue weighted by molar-refractivity contribution is -0.136. The van der Waals surface area contributed by atoms with E-state index in [4.69, 9.17) is 0 Å². The minimum Gasteiger partial charge on any atom is -0.506 e. The van der Waals surface area contributed by atoms with Gasteiger partial charge in [0.25, 0.3) is 0 Å². The number of phenols is 1. The minimum absolute atomic E-state index is 0.0343. The zero-order valence-corrected chi connectivity index (χ0v) is 16.8. The van der Waals surface area contributed by atoms with Gasteiger partial charge < -0.3 is 19.8 Å². The number of nitrogens with zero attached hydrogens (tertiary/aromatic N) is 8. The number of carbonyl (C=O) groups is 1. The molecule has 3 aromatic rings.